The number of hydrogen-bond acceptors (Lipinski definition) is 5. The maximum atomic E-state index is 14.2. The minimum atomic E-state index is -4.78. The van der Waals surface area contributed by atoms with Gasteiger partial charge >= 0.3 is 6.18 Å². The molecule has 1 saturated carbocycles. The molecular weight excluding hydrogens is 475 g/mol. The maximum absolute atomic E-state index is 14.2. The number of rotatable bonds is 8. The van der Waals surface area contributed by atoms with Gasteiger partial charge in [-0.3, -0.25) is 9.59 Å². The molecule has 0 saturated heterocycles. The summed E-state index contributed by atoms with van der Waals surface area (Å²) in [6.07, 6.45) is -0.623. The molecule has 0 atom stereocenters. The standard InChI is InChI=1S/C26H38F3N3O4/c1-16(2)32(18-8-6-17(7-9-18)10-13-35-5)23(33)19-14-21-22(15-20(19)26(27,28)29)36-25(3,4)24(34)31(21)12-11-30/h14-18H,6-13,30H2,1-5H3/t17-,18-. The minimum absolute atomic E-state index is 0.0910. The van der Waals surface area contributed by atoms with Crippen LogP contribution in [0.1, 0.15) is 75.7 Å². The van der Waals surface area contributed by atoms with Crippen LogP contribution in [0.4, 0.5) is 18.9 Å². The van der Waals surface area contributed by atoms with E-state index in [1.54, 1.807) is 12.0 Å². The molecule has 2 N–H and O–H groups in total. The smallest absolute Gasteiger partial charge is 0.417 e. The second-order valence-electron chi connectivity index (χ2n) is 10.5. The van der Waals surface area contributed by atoms with Gasteiger partial charge in [0.1, 0.15) is 5.75 Å². The highest BCUT2D eigenvalue weighted by Gasteiger charge is 2.45. The van der Waals surface area contributed by atoms with Crippen molar-refractivity contribution < 1.29 is 32.2 Å². The molecule has 2 amide bonds. The van der Waals surface area contributed by atoms with Crippen molar-refractivity contribution >= 4 is 17.5 Å². The molecule has 0 unspecified atom stereocenters. The first-order valence-corrected chi connectivity index (χ1v) is 12.6. The van der Waals surface area contributed by atoms with Crippen LogP contribution in [0.5, 0.6) is 5.75 Å². The molecule has 3 rings (SSSR count). The lowest BCUT2D eigenvalue weighted by molar-refractivity contribution is -0.138. The summed E-state index contributed by atoms with van der Waals surface area (Å²) in [6.45, 7) is 7.50. The fourth-order valence-corrected chi connectivity index (χ4v) is 5.33. The normalized spacial score (nSPS) is 21.8. The largest absolute Gasteiger partial charge is 0.476 e. The van der Waals surface area contributed by atoms with E-state index in [-0.39, 0.29) is 36.6 Å². The van der Waals surface area contributed by atoms with Crippen LogP contribution >= 0.6 is 0 Å². The Labute approximate surface area is 211 Å². The number of amides is 2. The second-order valence-corrected chi connectivity index (χ2v) is 10.5. The molecule has 7 nitrogen and oxygen atoms in total. The zero-order valence-electron chi connectivity index (χ0n) is 21.8. The number of benzene rings is 1. The number of nitrogens with zero attached hydrogens (tertiary/aromatic N) is 2. The lowest BCUT2D eigenvalue weighted by Gasteiger charge is -2.41. The van der Waals surface area contributed by atoms with E-state index in [0.717, 1.165) is 44.2 Å². The Morgan fingerprint density at radius 2 is 1.89 bits per heavy atom. The van der Waals surface area contributed by atoms with E-state index in [1.807, 2.05) is 13.8 Å². The third-order valence-electron chi connectivity index (χ3n) is 7.13. The minimum Gasteiger partial charge on any atom is -0.476 e. The van der Waals surface area contributed by atoms with Crippen LogP contribution in [-0.2, 0) is 15.7 Å². The van der Waals surface area contributed by atoms with E-state index >= 15 is 0 Å². The molecule has 1 aromatic rings. The monoisotopic (exact) mass is 513 g/mol. The van der Waals surface area contributed by atoms with Gasteiger partial charge in [0.25, 0.3) is 11.8 Å². The quantitative estimate of drug-likeness (QED) is 0.549. The number of nitrogens with two attached hydrogens (primary N) is 1. The molecule has 1 aliphatic heterocycles. The Bertz CT molecular complexity index is 956. The summed E-state index contributed by atoms with van der Waals surface area (Å²) in [7, 11) is 1.66. The Morgan fingerprint density at radius 3 is 2.42 bits per heavy atom. The Morgan fingerprint density at radius 1 is 1.25 bits per heavy atom. The van der Waals surface area contributed by atoms with Crippen molar-refractivity contribution in [2.24, 2.45) is 11.7 Å². The van der Waals surface area contributed by atoms with Gasteiger partial charge in [0.05, 0.1) is 16.8 Å². The van der Waals surface area contributed by atoms with Crippen LogP contribution in [0.25, 0.3) is 0 Å². The number of methoxy groups -OCH3 is 1. The van der Waals surface area contributed by atoms with Crippen LogP contribution in [0.15, 0.2) is 12.1 Å². The molecular formula is C26H38F3N3O4. The van der Waals surface area contributed by atoms with E-state index in [1.165, 1.54) is 18.7 Å². The Balaban J connectivity index is 2.02. The predicted molar refractivity (Wildman–Crippen MR) is 131 cm³/mol. The van der Waals surface area contributed by atoms with Gasteiger partial charge in [-0.1, -0.05) is 0 Å². The van der Waals surface area contributed by atoms with Crippen LogP contribution in [0, 0.1) is 5.92 Å². The molecule has 2 aliphatic rings. The fraction of sp³-hybridized carbons (Fsp3) is 0.692. The van der Waals surface area contributed by atoms with Crippen molar-refractivity contribution in [2.45, 2.75) is 83.7 Å². The van der Waals surface area contributed by atoms with Gasteiger partial charge in [-0.05, 0) is 77.8 Å². The Hall–Kier alpha value is -2.33. The van der Waals surface area contributed by atoms with Gasteiger partial charge in [0.15, 0.2) is 5.60 Å². The van der Waals surface area contributed by atoms with Gasteiger partial charge in [-0.2, -0.15) is 13.2 Å². The van der Waals surface area contributed by atoms with Gasteiger partial charge in [0, 0.05) is 38.9 Å². The summed E-state index contributed by atoms with van der Waals surface area (Å²) in [6, 6.07) is 1.54. The second kappa shape index (κ2) is 11.0. The average molecular weight is 514 g/mol. The van der Waals surface area contributed by atoms with Crippen LogP contribution in [0.2, 0.25) is 0 Å². The van der Waals surface area contributed by atoms with E-state index in [0.29, 0.717) is 12.5 Å². The lowest BCUT2D eigenvalue weighted by atomic mass is 9.83. The molecule has 1 fully saturated rings. The summed E-state index contributed by atoms with van der Waals surface area (Å²) < 4.78 is 53.5. The van der Waals surface area contributed by atoms with Crippen molar-refractivity contribution in [3.8, 4) is 5.75 Å². The maximum Gasteiger partial charge on any atom is 0.417 e. The van der Waals surface area contributed by atoms with Crippen LogP contribution < -0.4 is 15.4 Å². The van der Waals surface area contributed by atoms with Gasteiger partial charge < -0.3 is 25.0 Å². The Kier molecular flexibility index (Phi) is 8.60. The molecule has 36 heavy (non-hydrogen) atoms. The first-order valence-electron chi connectivity index (χ1n) is 12.6. The lowest BCUT2D eigenvalue weighted by Crippen LogP contribution is -2.54. The van der Waals surface area contributed by atoms with Crippen molar-refractivity contribution in [1.29, 1.82) is 0 Å². The van der Waals surface area contributed by atoms with Gasteiger partial charge in [0.2, 0.25) is 0 Å². The van der Waals surface area contributed by atoms with Crippen LogP contribution in [-0.4, -0.2) is 61.2 Å². The number of fused-ring (bicyclic) bond motifs is 1. The van der Waals surface area contributed by atoms with Crippen molar-refractivity contribution in [1.82, 2.24) is 4.90 Å². The first kappa shape index (κ1) is 28.2. The van der Waals surface area contributed by atoms with Crippen molar-refractivity contribution in [3.63, 3.8) is 0 Å². The summed E-state index contributed by atoms with van der Waals surface area (Å²) in [5.41, 5.74) is 2.92. The summed E-state index contributed by atoms with van der Waals surface area (Å²) in [5, 5.41) is 0. The number of carbonyl (C=O) groups is 2. The number of hydrogen-bond donors (Lipinski definition) is 1. The van der Waals surface area contributed by atoms with Crippen LogP contribution in [0.3, 0.4) is 0 Å². The molecule has 1 aliphatic carbocycles. The van der Waals surface area contributed by atoms with Gasteiger partial charge in [-0.25, -0.2) is 0 Å². The zero-order valence-corrected chi connectivity index (χ0v) is 21.8. The third-order valence-corrected chi connectivity index (χ3v) is 7.13. The number of halogens is 3. The number of alkyl halides is 3. The SMILES string of the molecule is COCC[C@H]1CC[C@H](N(C(=O)c2cc3c(cc2C(F)(F)F)OC(C)(C)C(=O)N3CCN)C(C)C)CC1. The molecule has 1 heterocycles. The van der Waals surface area contributed by atoms with Crippen molar-refractivity contribution in [3.05, 3.63) is 23.3 Å². The molecule has 0 bridgehead atoms. The summed E-state index contributed by atoms with van der Waals surface area (Å²) in [5.74, 6) is -0.720. The van der Waals surface area contributed by atoms with E-state index < -0.39 is 34.7 Å². The molecule has 0 spiro atoms. The molecule has 1 aromatic carbocycles. The molecule has 0 radical (unpaired) electrons. The predicted octanol–water partition coefficient (Wildman–Crippen LogP) is 4.61. The fourth-order valence-electron chi connectivity index (χ4n) is 5.33. The number of ether oxygens (including phenoxy) is 2. The third kappa shape index (κ3) is 5.80. The van der Waals surface area contributed by atoms with Gasteiger partial charge in [-0.15, -0.1) is 0 Å². The highest BCUT2D eigenvalue weighted by molar-refractivity contribution is 6.05. The topological polar surface area (TPSA) is 85.1 Å². The molecule has 202 valence electrons. The highest BCUT2D eigenvalue weighted by atomic mass is 19.4. The highest BCUT2D eigenvalue weighted by Crippen LogP contribution is 2.44. The molecule has 10 heteroatoms. The first-order chi connectivity index (χ1) is 16.8. The number of anilines is 1. The van der Waals surface area contributed by atoms with E-state index in [9.17, 15) is 22.8 Å². The number of carbonyl (C=O) groups excluding carboxylic acids is 2. The molecule has 0 aromatic heterocycles. The average Bonchev–Trinajstić information content (AvgIpc) is 2.80. The summed E-state index contributed by atoms with van der Waals surface area (Å²) >= 11 is 0. The van der Waals surface area contributed by atoms with E-state index in [2.05, 4.69) is 0 Å². The summed E-state index contributed by atoms with van der Waals surface area (Å²) in [4.78, 5) is 29.7. The zero-order chi connectivity index (χ0) is 26.8. The van der Waals surface area contributed by atoms with E-state index in [4.69, 9.17) is 15.2 Å². The van der Waals surface area contributed by atoms with Crippen molar-refractivity contribution in [2.75, 3.05) is 31.7 Å².